The van der Waals surface area contributed by atoms with Gasteiger partial charge in [0.1, 0.15) is 5.84 Å². The minimum absolute atomic E-state index is 0.109. The number of nitrogens with two attached hydrogens (primary N) is 2. The zero-order valence-electron chi connectivity index (χ0n) is 10.6. The van der Waals surface area contributed by atoms with E-state index >= 15 is 0 Å². The van der Waals surface area contributed by atoms with Crippen LogP contribution in [0.15, 0.2) is 53.4 Å². The number of nitrogens with one attached hydrogen (secondary N) is 1. The maximum Gasteiger partial charge on any atom is 0.122 e. The van der Waals surface area contributed by atoms with Crippen molar-refractivity contribution in [2.75, 3.05) is 11.5 Å². The first-order valence-electron chi connectivity index (χ1n) is 6.07. The normalized spacial score (nSPS) is 10.3. The lowest BCUT2D eigenvalue weighted by atomic mass is 10.1. The molecule has 0 heterocycles. The van der Waals surface area contributed by atoms with Crippen LogP contribution >= 0.6 is 11.8 Å². The maximum atomic E-state index is 7.34. The average molecular weight is 271 g/mol. The Bertz CT molecular complexity index is 564. The number of benzene rings is 2. The van der Waals surface area contributed by atoms with Gasteiger partial charge in [-0.15, -0.1) is 11.8 Å². The molecule has 5 N–H and O–H groups in total. The molecule has 0 aliphatic carbocycles. The summed E-state index contributed by atoms with van der Waals surface area (Å²) in [6.07, 6.45) is 0.969. The molecule has 0 saturated heterocycles. The van der Waals surface area contributed by atoms with Crippen molar-refractivity contribution in [3.8, 4) is 0 Å². The first-order chi connectivity index (χ1) is 9.16. The first kappa shape index (κ1) is 13.5. The molecule has 3 nitrogen and oxygen atoms in total. The molecule has 4 heteroatoms. The minimum atomic E-state index is 0.109. The van der Waals surface area contributed by atoms with Gasteiger partial charge in [-0.25, -0.2) is 0 Å². The monoisotopic (exact) mass is 271 g/mol. The van der Waals surface area contributed by atoms with Crippen LogP contribution in [0.5, 0.6) is 0 Å². The van der Waals surface area contributed by atoms with Gasteiger partial charge in [0, 0.05) is 21.9 Å². The largest absolute Gasteiger partial charge is 0.398 e. The molecule has 19 heavy (non-hydrogen) atoms. The highest BCUT2D eigenvalue weighted by molar-refractivity contribution is 7.99. The summed E-state index contributed by atoms with van der Waals surface area (Å²) in [4.78, 5) is 1.13. The molecule has 0 saturated carbocycles. The van der Waals surface area contributed by atoms with E-state index in [4.69, 9.17) is 16.9 Å². The average Bonchev–Trinajstić information content (AvgIpc) is 2.41. The zero-order chi connectivity index (χ0) is 13.7. The highest BCUT2D eigenvalue weighted by atomic mass is 32.2. The van der Waals surface area contributed by atoms with Crippen molar-refractivity contribution in [3.05, 3.63) is 59.7 Å². The van der Waals surface area contributed by atoms with E-state index in [1.54, 1.807) is 11.8 Å². The summed E-state index contributed by atoms with van der Waals surface area (Å²) in [5.41, 5.74) is 14.2. The molecule has 0 aromatic heterocycles. The summed E-state index contributed by atoms with van der Waals surface area (Å²) in [5, 5.41) is 7.34. The van der Waals surface area contributed by atoms with Crippen LogP contribution in [0.3, 0.4) is 0 Å². The van der Waals surface area contributed by atoms with Crippen LogP contribution < -0.4 is 11.5 Å². The number of hydrogen-bond donors (Lipinski definition) is 3. The van der Waals surface area contributed by atoms with Gasteiger partial charge in [0.05, 0.1) is 0 Å². The fraction of sp³-hybridized carbons (Fsp3) is 0.133. The van der Waals surface area contributed by atoms with Crippen LogP contribution in [0.25, 0.3) is 0 Å². The molecule has 0 unspecified atom stereocenters. The molecule has 0 aliphatic heterocycles. The Kier molecular flexibility index (Phi) is 4.47. The summed E-state index contributed by atoms with van der Waals surface area (Å²) >= 11 is 1.76. The minimum Gasteiger partial charge on any atom is -0.398 e. The molecule has 0 aliphatic rings. The fourth-order valence-corrected chi connectivity index (χ4v) is 2.71. The third kappa shape index (κ3) is 3.76. The van der Waals surface area contributed by atoms with Crippen molar-refractivity contribution >= 4 is 23.3 Å². The van der Waals surface area contributed by atoms with Crippen LogP contribution in [0.1, 0.15) is 11.1 Å². The Balaban J connectivity index is 1.89. The Hall–Kier alpha value is -1.94. The van der Waals surface area contributed by atoms with Crippen LogP contribution in [0, 0.1) is 5.41 Å². The number of nitrogen functional groups attached to an aromatic ring is 2. The lowest BCUT2D eigenvalue weighted by Gasteiger charge is -2.05. The summed E-state index contributed by atoms with van der Waals surface area (Å²) in [6, 6.07) is 15.7. The van der Waals surface area contributed by atoms with Gasteiger partial charge in [0.15, 0.2) is 0 Å². The van der Waals surface area contributed by atoms with Crippen LogP contribution in [-0.2, 0) is 6.42 Å². The van der Waals surface area contributed by atoms with Crippen molar-refractivity contribution in [2.45, 2.75) is 11.3 Å². The number of amidine groups is 1. The summed E-state index contributed by atoms with van der Waals surface area (Å²) < 4.78 is 0. The van der Waals surface area contributed by atoms with Gasteiger partial charge < -0.3 is 11.5 Å². The first-order valence-corrected chi connectivity index (χ1v) is 7.06. The summed E-state index contributed by atoms with van der Waals surface area (Å²) in [5.74, 6) is 1.09. The number of hydrogen-bond acceptors (Lipinski definition) is 3. The maximum absolute atomic E-state index is 7.34. The van der Waals surface area contributed by atoms with E-state index in [9.17, 15) is 0 Å². The second-order valence-corrected chi connectivity index (χ2v) is 5.38. The highest BCUT2D eigenvalue weighted by Crippen LogP contribution is 2.25. The third-order valence-electron chi connectivity index (χ3n) is 2.83. The van der Waals surface area contributed by atoms with E-state index in [2.05, 4.69) is 0 Å². The van der Waals surface area contributed by atoms with Crippen LogP contribution in [0.2, 0.25) is 0 Å². The molecule has 0 spiro atoms. The quantitative estimate of drug-likeness (QED) is 0.339. The molecule has 2 rings (SSSR count). The standard InChI is InChI=1S/C15H17N3S/c16-13-3-1-2-4-14(13)19-10-9-11-5-7-12(8-6-11)15(17)18/h1-8H,9-10,16H2,(H3,17,18). The van der Waals surface area contributed by atoms with E-state index in [0.717, 1.165) is 28.3 Å². The fourth-order valence-electron chi connectivity index (χ4n) is 1.74. The van der Waals surface area contributed by atoms with Gasteiger partial charge in [-0.2, -0.15) is 0 Å². The predicted molar refractivity (Wildman–Crippen MR) is 82.7 cm³/mol. The van der Waals surface area contributed by atoms with Gasteiger partial charge >= 0.3 is 0 Å². The Morgan fingerprint density at radius 2 is 1.74 bits per heavy atom. The topological polar surface area (TPSA) is 75.9 Å². The van der Waals surface area contributed by atoms with Gasteiger partial charge in [-0.1, -0.05) is 36.4 Å². The molecule has 0 bridgehead atoms. The number of aryl methyl sites for hydroxylation is 1. The molecule has 0 amide bonds. The van der Waals surface area contributed by atoms with Crippen molar-refractivity contribution in [1.29, 1.82) is 5.41 Å². The van der Waals surface area contributed by atoms with Crippen molar-refractivity contribution in [3.63, 3.8) is 0 Å². The van der Waals surface area contributed by atoms with Crippen LogP contribution in [0.4, 0.5) is 5.69 Å². The van der Waals surface area contributed by atoms with Gasteiger partial charge in [-0.3, -0.25) is 5.41 Å². The van der Waals surface area contributed by atoms with Crippen LogP contribution in [-0.4, -0.2) is 11.6 Å². The lowest BCUT2D eigenvalue weighted by molar-refractivity contribution is 1.15. The molecular weight excluding hydrogens is 254 g/mol. The predicted octanol–water partition coefficient (Wildman–Crippen LogP) is 2.89. The number of anilines is 1. The molecule has 0 atom stereocenters. The van der Waals surface area contributed by atoms with E-state index in [-0.39, 0.29) is 5.84 Å². The van der Waals surface area contributed by atoms with E-state index in [1.165, 1.54) is 5.56 Å². The Morgan fingerprint density at radius 1 is 1.05 bits per heavy atom. The number of para-hydroxylation sites is 1. The smallest absolute Gasteiger partial charge is 0.122 e. The van der Waals surface area contributed by atoms with Gasteiger partial charge in [0.25, 0.3) is 0 Å². The van der Waals surface area contributed by atoms with E-state index in [0.29, 0.717) is 0 Å². The van der Waals surface area contributed by atoms with Crippen molar-refractivity contribution in [2.24, 2.45) is 5.73 Å². The molecule has 0 fully saturated rings. The third-order valence-corrected chi connectivity index (χ3v) is 3.92. The molecular formula is C15H17N3S. The Morgan fingerprint density at radius 3 is 2.37 bits per heavy atom. The molecule has 0 radical (unpaired) electrons. The lowest BCUT2D eigenvalue weighted by Crippen LogP contribution is -2.10. The van der Waals surface area contributed by atoms with E-state index in [1.807, 2.05) is 48.5 Å². The van der Waals surface area contributed by atoms with Gasteiger partial charge in [0.2, 0.25) is 0 Å². The van der Waals surface area contributed by atoms with Crippen molar-refractivity contribution < 1.29 is 0 Å². The van der Waals surface area contributed by atoms with Crippen molar-refractivity contribution in [1.82, 2.24) is 0 Å². The zero-order valence-corrected chi connectivity index (χ0v) is 11.4. The summed E-state index contributed by atoms with van der Waals surface area (Å²) in [6.45, 7) is 0. The molecule has 2 aromatic carbocycles. The SMILES string of the molecule is N=C(N)c1ccc(CCSc2ccccc2N)cc1. The highest BCUT2D eigenvalue weighted by Gasteiger charge is 2.00. The summed E-state index contributed by atoms with van der Waals surface area (Å²) in [7, 11) is 0. The molecule has 98 valence electrons. The Labute approximate surface area is 117 Å². The second kappa shape index (κ2) is 6.29. The second-order valence-electron chi connectivity index (χ2n) is 4.25. The van der Waals surface area contributed by atoms with E-state index < -0.39 is 0 Å². The number of thioether (sulfide) groups is 1. The van der Waals surface area contributed by atoms with Gasteiger partial charge in [-0.05, 0) is 24.1 Å². The number of rotatable bonds is 5. The molecule has 2 aromatic rings.